The summed E-state index contributed by atoms with van der Waals surface area (Å²) in [4.78, 5) is 12.2. The highest BCUT2D eigenvalue weighted by Gasteiger charge is 2.23. The Morgan fingerprint density at radius 1 is 1.32 bits per heavy atom. The maximum Gasteiger partial charge on any atom is 0.175 e. The van der Waals surface area contributed by atoms with Crippen LogP contribution in [0.3, 0.4) is 0 Å². The van der Waals surface area contributed by atoms with Crippen LogP contribution in [0, 0.1) is 0 Å². The molecule has 0 aliphatic carbocycles. The molecule has 0 atom stereocenters. The molecular formula is C14H20BrNO3. The quantitative estimate of drug-likeness (QED) is 0.814. The van der Waals surface area contributed by atoms with Crippen molar-refractivity contribution in [1.29, 1.82) is 0 Å². The molecule has 19 heavy (non-hydrogen) atoms. The highest BCUT2D eigenvalue weighted by atomic mass is 79.9. The lowest BCUT2D eigenvalue weighted by atomic mass is 9.92. The van der Waals surface area contributed by atoms with Crippen molar-refractivity contribution in [2.45, 2.75) is 26.2 Å². The molecule has 5 heteroatoms. The number of hydrogen-bond acceptors (Lipinski definition) is 4. The molecule has 0 aromatic heterocycles. The van der Waals surface area contributed by atoms with Crippen molar-refractivity contribution >= 4 is 21.7 Å². The lowest BCUT2D eigenvalue weighted by Crippen LogP contribution is -2.12. The van der Waals surface area contributed by atoms with Gasteiger partial charge in [-0.25, -0.2) is 0 Å². The Hall–Kier alpha value is -1.07. The normalized spacial score (nSPS) is 10.7. The number of rotatable bonds is 6. The monoisotopic (exact) mass is 329 g/mol. The largest absolute Gasteiger partial charge is 0.492 e. The minimum atomic E-state index is 0.0212. The summed E-state index contributed by atoms with van der Waals surface area (Å²) in [5.41, 5.74) is 6.97. The standard InChI is InChI=1S/C14H20BrNO3/c1-8(2)12-9(11(17)5-6-16)7-10(15)13(18-3)14(12)19-4/h7-8H,5-6,16H2,1-4H3. The van der Waals surface area contributed by atoms with Gasteiger partial charge in [0, 0.05) is 17.5 Å². The van der Waals surface area contributed by atoms with Crippen LogP contribution in [0.5, 0.6) is 11.5 Å². The third-order valence-corrected chi connectivity index (χ3v) is 3.48. The summed E-state index contributed by atoms with van der Waals surface area (Å²) in [5.74, 6) is 1.38. The zero-order valence-corrected chi connectivity index (χ0v) is 13.3. The number of ether oxygens (including phenoxy) is 2. The molecule has 0 unspecified atom stereocenters. The van der Waals surface area contributed by atoms with Gasteiger partial charge < -0.3 is 15.2 Å². The highest BCUT2D eigenvalue weighted by Crippen LogP contribution is 2.43. The highest BCUT2D eigenvalue weighted by molar-refractivity contribution is 9.10. The Labute approximate surface area is 122 Å². The maximum atomic E-state index is 12.2. The molecule has 0 aliphatic rings. The fourth-order valence-electron chi connectivity index (χ4n) is 2.09. The molecule has 0 saturated carbocycles. The van der Waals surface area contributed by atoms with Gasteiger partial charge in [0.25, 0.3) is 0 Å². The van der Waals surface area contributed by atoms with Crippen LogP contribution in [0.15, 0.2) is 10.5 Å². The van der Waals surface area contributed by atoms with E-state index < -0.39 is 0 Å². The molecule has 106 valence electrons. The third kappa shape index (κ3) is 3.28. The first kappa shape index (κ1) is 16.0. The molecule has 0 bridgehead atoms. The zero-order valence-electron chi connectivity index (χ0n) is 11.7. The van der Waals surface area contributed by atoms with Gasteiger partial charge in [-0.3, -0.25) is 4.79 Å². The SMILES string of the molecule is COc1c(Br)cc(C(=O)CCN)c(C(C)C)c1OC. The van der Waals surface area contributed by atoms with Gasteiger partial charge in [-0.2, -0.15) is 0 Å². The molecule has 0 amide bonds. The van der Waals surface area contributed by atoms with Gasteiger partial charge >= 0.3 is 0 Å². The summed E-state index contributed by atoms with van der Waals surface area (Å²) >= 11 is 3.41. The number of hydrogen-bond donors (Lipinski definition) is 1. The van der Waals surface area contributed by atoms with Crippen LogP contribution < -0.4 is 15.2 Å². The van der Waals surface area contributed by atoms with Crippen LogP contribution in [0.2, 0.25) is 0 Å². The Morgan fingerprint density at radius 3 is 2.32 bits per heavy atom. The van der Waals surface area contributed by atoms with Crippen molar-refractivity contribution < 1.29 is 14.3 Å². The Kier molecular flexibility index (Phi) is 5.82. The number of methoxy groups -OCH3 is 2. The predicted octanol–water partition coefficient (Wildman–Crippen LogP) is 3.12. The summed E-state index contributed by atoms with van der Waals surface area (Å²) < 4.78 is 11.5. The van der Waals surface area contributed by atoms with E-state index in [4.69, 9.17) is 15.2 Å². The second-order valence-corrected chi connectivity index (χ2v) is 5.36. The molecule has 0 spiro atoms. The Balaban J connectivity index is 3.54. The minimum Gasteiger partial charge on any atom is -0.492 e. The lowest BCUT2D eigenvalue weighted by Gasteiger charge is -2.20. The van der Waals surface area contributed by atoms with E-state index in [0.717, 1.165) is 5.56 Å². The first-order valence-electron chi connectivity index (χ1n) is 6.15. The van der Waals surface area contributed by atoms with Crippen LogP contribution in [-0.4, -0.2) is 26.5 Å². The summed E-state index contributed by atoms with van der Waals surface area (Å²) in [7, 11) is 3.15. The van der Waals surface area contributed by atoms with E-state index in [2.05, 4.69) is 15.9 Å². The van der Waals surface area contributed by atoms with Gasteiger partial charge in [-0.15, -0.1) is 0 Å². The number of Topliss-reactive ketones (excluding diaryl/α,β-unsaturated/α-hetero) is 1. The second-order valence-electron chi connectivity index (χ2n) is 4.50. The molecule has 1 aromatic rings. The van der Waals surface area contributed by atoms with Gasteiger partial charge in [0.2, 0.25) is 0 Å². The van der Waals surface area contributed by atoms with Crippen molar-refractivity contribution in [1.82, 2.24) is 0 Å². The minimum absolute atomic E-state index is 0.0212. The summed E-state index contributed by atoms with van der Waals surface area (Å²) in [6.07, 6.45) is 0.321. The van der Waals surface area contributed by atoms with Gasteiger partial charge in [0.05, 0.1) is 18.7 Å². The first-order valence-corrected chi connectivity index (χ1v) is 6.94. The molecule has 0 aliphatic heterocycles. The second kappa shape index (κ2) is 6.91. The average molecular weight is 330 g/mol. The van der Waals surface area contributed by atoms with Gasteiger partial charge in [-0.1, -0.05) is 13.8 Å². The predicted molar refractivity (Wildman–Crippen MR) is 79.3 cm³/mol. The van der Waals surface area contributed by atoms with E-state index >= 15 is 0 Å². The topological polar surface area (TPSA) is 61.5 Å². The molecule has 0 heterocycles. The molecule has 1 aromatic carbocycles. The van der Waals surface area contributed by atoms with Crippen molar-refractivity contribution in [2.24, 2.45) is 5.73 Å². The van der Waals surface area contributed by atoms with Crippen molar-refractivity contribution in [3.63, 3.8) is 0 Å². The third-order valence-electron chi connectivity index (χ3n) is 2.89. The van der Waals surface area contributed by atoms with E-state index in [-0.39, 0.29) is 11.7 Å². The van der Waals surface area contributed by atoms with Crippen molar-refractivity contribution in [2.75, 3.05) is 20.8 Å². The van der Waals surface area contributed by atoms with Crippen LogP contribution in [0.4, 0.5) is 0 Å². The molecule has 1 rings (SSSR count). The molecule has 0 fully saturated rings. The van der Waals surface area contributed by atoms with Gasteiger partial charge in [-0.05, 0) is 34.5 Å². The van der Waals surface area contributed by atoms with Gasteiger partial charge in [0.1, 0.15) is 0 Å². The van der Waals surface area contributed by atoms with E-state index in [9.17, 15) is 4.79 Å². The average Bonchev–Trinajstić information content (AvgIpc) is 2.36. The fraction of sp³-hybridized carbons (Fsp3) is 0.500. The van der Waals surface area contributed by atoms with Crippen molar-refractivity contribution in [3.8, 4) is 11.5 Å². The fourth-order valence-corrected chi connectivity index (χ4v) is 2.66. The zero-order chi connectivity index (χ0) is 14.6. The summed E-state index contributed by atoms with van der Waals surface area (Å²) in [5, 5.41) is 0. The van der Waals surface area contributed by atoms with Crippen LogP contribution in [0.1, 0.15) is 42.1 Å². The van der Waals surface area contributed by atoms with E-state index in [1.807, 2.05) is 13.8 Å². The van der Waals surface area contributed by atoms with Crippen LogP contribution in [0.25, 0.3) is 0 Å². The Morgan fingerprint density at radius 2 is 1.89 bits per heavy atom. The Bertz CT molecular complexity index is 472. The molecule has 4 nitrogen and oxygen atoms in total. The summed E-state index contributed by atoms with van der Waals surface area (Å²) in [6.45, 7) is 4.37. The first-order chi connectivity index (χ1) is 8.97. The smallest absolute Gasteiger partial charge is 0.175 e. The number of nitrogens with two attached hydrogens (primary N) is 1. The molecule has 0 radical (unpaired) electrons. The number of benzene rings is 1. The van der Waals surface area contributed by atoms with E-state index in [0.29, 0.717) is 34.5 Å². The van der Waals surface area contributed by atoms with Crippen LogP contribution in [-0.2, 0) is 0 Å². The van der Waals surface area contributed by atoms with E-state index in [1.165, 1.54) is 0 Å². The van der Waals surface area contributed by atoms with Crippen molar-refractivity contribution in [3.05, 3.63) is 21.7 Å². The summed E-state index contributed by atoms with van der Waals surface area (Å²) in [6, 6.07) is 1.79. The number of carbonyl (C=O) groups excluding carboxylic acids is 1. The number of carbonyl (C=O) groups is 1. The van der Waals surface area contributed by atoms with E-state index in [1.54, 1.807) is 20.3 Å². The number of halogens is 1. The number of ketones is 1. The molecular weight excluding hydrogens is 310 g/mol. The maximum absolute atomic E-state index is 12.2. The van der Waals surface area contributed by atoms with Gasteiger partial charge in [0.15, 0.2) is 17.3 Å². The molecule has 0 saturated heterocycles. The lowest BCUT2D eigenvalue weighted by molar-refractivity contribution is 0.0983. The van der Waals surface area contributed by atoms with Crippen LogP contribution >= 0.6 is 15.9 Å². The molecule has 2 N–H and O–H groups in total.